The maximum absolute atomic E-state index is 5.88. The van der Waals surface area contributed by atoms with E-state index in [1.54, 1.807) is 0 Å². The van der Waals surface area contributed by atoms with E-state index >= 15 is 0 Å². The number of allylic oxidation sites excluding steroid dienone is 1. The van der Waals surface area contributed by atoms with Crippen LogP contribution in [0.4, 0.5) is 0 Å². The Hall–Kier alpha value is 0.0200. The molecule has 1 aliphatic rings. The van der Waals surface area contributed by atoms with E-state index in [9.17, 15) is 0 Å². The van der Waals surface area contributed by atoms with Crippen LogP contribution < -0.4 is 5.32 Å². The Morgan fingerprint density at radius 3 is 3.09 bits per heavy atom. The standard InChI is InChI=1S/C8H11Cl2N/c1-6(9)2-7-3-8(10)5-11-4-7/h3,8,11H,1-2,4-5H2. The number of rotatable bonds is 2. The van der Waals surface area contributed by atoms with E-state index in [1.807, 2.05) is 6.08 Å². The van der Waals surface area contributed by atoms with E-state index < -0.39 is 0 Å². The smallest absolute Gasteiger partial charge is 0.0643 e. The molecule has 1 heterocycles. The Balaban J connectivity index is 2.49. The second-order valence-electron chi connectivity index (χ2n) is 2.67. The van der Waals surface area contributed by atoms with E-state index in [1.165, 1.54) is 5.57 Å². The summed E-state index contributed by atoms with van der Waals surface area (Å²) in [7, 11) is 0. The van der Waals surface area contributed by atoms with Crippen molar-refractivity contribution in [2.75, 3.05) is 13.1 Å². The van der Waals surface area contributed by atoms with Crippen LogP contribution in [-0.4, -0.2) is 18.5 Å². The Labute approximate surface area is 77.1 Å². The minimum atomic E-state index is 0.106. The molecule has 1 nitrogen and oxygen atoms in total. The lowest BCUT2D eigenvalue weighted by Gasteiger charge is -2.17. The predicted octanol–water partition coefficient (Wildman–Crippen LogP) is 2.27. The lowest BCUT2D eigenvalue weighted by Crippen LogP contribution is -2.29. The minimum Gasteiger partial charge on any atom is -0.311 e. The molecule has 0 radical (unpaired) electrons. The molecule has 62 valence electrons. The molecule has 0 spiro atoms. The summed E-state index contributed by atoms with van der Waals surface area (Å²) in [6.45, 7) is 5.36. The summed E-state index contributed by atoms with van der Waals surface area (Å²) in [6, 6.07) is 0. The average molecular weight is 192 g/mol. The summed E-state index contributed by atoms with van der Waals surface area (Å²) in [6.07, 6.45) is 2.80. The maximum atomic E-state index is 5.88. The van der Waals surface area contributed by atoms with Crippen LogP contribution in [0.5, 0.6) is 0 Å². The summed E-state index contributed by atoms with van der Waals surface area (Å²) in [5, 5.41) is 3.97. The molecular formula is C8H11Cl2N. The number of alkyl halides is 1. The second-order valence-corrected chi connectivity index (χ2v) is 3.76. The van der Waals surface area contributed by atoms with Crippen LogP contribution >= 0.6 is 23.2 Å². The van der Waals surface area contributed by atoms with Crippen molar-refractivity contribution in [3.8, 4) is 0 Å². The fourth-order valence-corrected chi connectivity index (χ4v) is 1.57. The Bertz CT molecular complexity index is 187. The van der Waals surface area contributed by atoms with Crippen LogP contribution in [0.25, 0.3) is 0 Å². The highest BCUT2D eigenvalue weighted by atomic mass is 35.5. The van der Waals surface area contributed by atoms with Crippen molar-refractivity contribution in [2.24, 2.45) is 0 Å². The van der Waals surface area contributed by atoms with Crippen LogP contribution in [0.2, 0.25) is 0 Å². The predicted molar refractivity (Wildman–Crippen MR) is 50.2 cm³/mol. The molecule has 11 heavy (non-hydrogen) atoms. The first-order valence-corrected chi connectivity index (χ1v) is 4.37. The second kappa shape index (κ2) is 4.15. The number of nitrogens with one attached hydrogen (secondary N) is 1. The maximum Gasteiger partial charge on any atom is 0.0643 e. The molecule has 0 amide bonds. The number of hydrogen-bond acceptors (Lipinski definition) is 1. The van der Waals surface area contributed by atoms with Gasteiger partial charge in [-0.15, -0.1) is 11.6 Å². The largest absolute Gasteiger partial charge is 0.311 e. The van der Waals surface area contributed by atoms with Gasteiger partial charge in [0.15, 0.2) is 0 Å². The quantitative estimate of drug-likeness (QED) is 0.522. The lowest BCUT2D eigenvalue weighted by atomic mass is 10.1. The van der Waals surface area contributed by atoms with Gasteiger partial charge in [-0.3, -0.25) is 0 Å². The van der Waals surface area contributed by atoms with Crippen molar-refractivity contribution >= 4 is 23.2 Å². The highest BCUT2D eigenvalue weighted by Gasteiger charge is 2.09. The van der Waals surface area contributed by atoms with Gasteiger partial charge in [-0.05, 0) is 0 Å². The summed E-state index contributed by atoms with van der Waals surface area (Å²) in [4.78, 5) is 0. The fraction of sp³-hybridized carbons (Fsp3) is 0.500. The molecule has 0 aromatic rings. The Kier molecular flexibility index (Phi) is 3.44. The fourth-order valence-electron chi connectivity index (χ4n) is 1.11. The first-order valence-electron chi connectivity index (χ1n) is 3.56. The van der Waals surface area contributed by atoms with E-state index in [0.717, 1.165) is 19.5 Å². The van der Waals surface area contributed by atoms with Crippen LogP contribution in [0.3, 0.4) is 0 Å². The van der Waals surface area contributed by atoms with Crippen molar-refractivity contribution in [3.05, 3.63) is 23.3 Å². The molecular weight excluding hydrogens is 181 g/mol. The van der Waals surface area contributed by atoms with Gasteiger partial charge in [0.25, 0.3) is 0 Å². The van der Waals surface area contributed by atoms with Crippen LogP contribution in [0.15, 0.2) is 23.3 Å². The summed E-state index contributed by atoms with van der Waals surface area (Å²) in [5.41, 5.74) is 1.23. The minimum absolute atomic E-state index is 0.106. The van der Waals surface area contributed by atoms with Crippen LogP contribution in [0, 0.1) is 0 Å². The summed E-state index contributed by atoms with van der Waals surface area (Å²) in [5.74, 6) is 0. The zero-order valence-corrected chi connectivity index (χ0v) is 7.75. The normalized spacial score (nSPS) is 24.5. The van der Waals surface area contributed by atoms with Gasteiger partial charge in [0.05, 0.1) is 5.38 Å². The van der Waals surface area contributed by atoms with E-state index in [2.05, 4.69) is 11.9 Å². The topological polar surface area (TPSA) is 12.0 Å². The zero-order valence-electron chi connectivity index (χ0n) is 6.24. The zero-order chi connectivity index (χ0) is 8.27. The molecule has 0 saturated heterocycles. The SMILES string of the molecule is C=C(Cl)CC1=CC(Cl)CNC1. The van der Waals surface area contributed by atoms with Crippen LogP contribution in [0.1, 0.15) is 6.42 Å². The van der Waals surface area contributed by atoms with Gasteiger partial charge in [-0.2, -0.15) is 0 Å². The third-order valence-electron chi connectivity index (χ3n) is 1.53. The van der Waals surface area contributed by atoms with E-state index in [-0.39, 0.29) is 5.38 Å². The summed E-state index contributed by atoms with van der Waals surface area (Å²) >= 11 is 11.5. The van der Waals surface area contributed by atoms with Crippen molar-refractivity contribution in [1.82, 2.24) is 5.32 Å². The first-order chi connectivity index (χ1) is 5.18. The third kappa shape index (κ3) is 3.28. The van der Waals surface area contributed by atoms with E-state index in [4.69, 9.17) is 23.2 Å². The van der Waals surface area contributed by atoms with Gasteiger partial charge in [-0.25, -0.2) is 0 Å². The lowest BCUT2D eigenvalue weighted by molar-refractivity contribution is 0.697. The molecule has 1 N–H and O–H groups in total. The van der Waals surface area contributed by atoms with Crippen LogP contribution in [-0.2, 0) is 0 Å². The average Bonchev–Trinajstić information content (AvgIpc) is 1.85. The molecule has 0 aromatic carbocycles. The monoisotopic (exact) mass is 191 g/mol. The highest BCUT2D eigenvalue weighted by Crippen LogP contribution is 2.16. The van der Waals surface area contributed by atoms with Gasteiger partial charge in [-0.1, -0.05) is 29.8 Å². The van der Waals surface area contributed by atoms with Crippen molar-refractivity contribution in [1.29, 1.82) is 0 Å². The Morgan fingerprint density at radius 2 is 2.55 bits per heavy atom. The van der Waals surface area contributed by atoms with E-state index in [0.29, 0.717) is 5.03 Å². The molecule has 0 bridgehead atoms. The molecule has 1 rings (SSSR count). The summed E-state index contributed by atoms with van der Waals surface area (Å²) < 4.78 is 0. The molecule has 0 fully saturated rings. The molecule has 1 atom stereocenters. The van der Waals surface area contributed by atoms with Crippen molar-refractivity contribution < 1.29 is 0 Å². The van der Waals surface area contributed by atoms with Gasteiger partial charge < -0.3 is 5.32 Å². The number of hydrogen-bond donors (Lipinski definition) is 1. The molecule has 3 heteroatoms. The molecule has 0 saturated carbocycles. The van der Waals surface area contributed by atoms with Crippen molar-refractivity contribution in [3.63, 3.8) is 0 Å². The van der Waals surface area contributed by atoms with Gasteiger partial charge in [0, 0.05) is 24.5 Å². The van der Waals surface area contributed by atoms with Gasteiger partial charge >= 0.3 is 0 Å². The molecule has 1 unspecified atom stereocenters. The molecule has 0 aromatic heterocycles. The Morgan fingerprint density at radius 1 is 1.82 bits per heavy atom. The molecule has 1 aliphatic heterocycles. The third-order valence-corrected chi connectivity index (χ3v) is 1.94. The molecule has 0 aliphatic carbocycles. The van der Waals surface area contributed by atoms with Crippen molar-refractivity contribution in [2.45, 2.75) is 11.8 Å². The van der Waals surface area contributed by atoms with Gasteiger partial charge in [0.1, 0.15) is 0 Å². The van der Waals surface area contributed by atoms with Gasteiger partial charge in [0.2, 0.25) is 0 Å². The highest BCUT2D eigenvalue weighted by molar-refractivity contribution is 6.29. The number of halogens is 2. The first kappa shape index (κ1) is 9.11.